The Hall–Kier alpha value is -3.26. The fraction of sp³-hybridized carbons (Fsp3) is 0.105. The molecule has 2 aromatic carbocycles. The summed E-state index contributed by atoms with van der Waals surface area (Å²) in [5.74, 6) is 0.366. The maximum absolute atomic E-state index is 12.4. The lowest BCUT2D eigenvalue weighted by Crippen LogP contribution is -2.18. The molecule has 0 bridgehead atoms. The highest BCUT2D eigenvalue weighted by Crippen LogP contribution is 2.32. The Balaban J connectivity index is 1.85. The van der Waals surface area contributed by atoms with Crippen molar-refractivity contribution in [3.63, 3.8) is 0 Å². The van der Waals surface area contributed by atoms with Crippen molar-refractivity contribution in [2.45, 2.75) is 0 Å². The number of carbonyl (C=O) groups excluding carboxylic acids is 2. The first kappa shape index (κ1) is 18.5. The number of esters is 1. The summed E-state index contributed by atoms with van der Waals surface area (Å²) in [7, 11) is 3.02. The maximum Gasteiger partial charge on any atom is 0.343 e. The minimum Gasteiger partial charge on any atom is -0.497 e. The van der Waals surface area contributed by atoms with Gasteiger partial charge in [-0.25, -0.2) is 4.79 Å². The van der Waals surface area contributed by atoms with E-state index in [1.165, 1.54) is 7.11 Å². The highest BCUT2D eigenvalue weighted by atomic mass is 32.2. The van der Waals surface area contributed by atoms with Crippen LogP contribution in [0, 0.1) is 5.41 Å². The van der Waals surface area contributed by atoms with E-state index in [-0.39, 0.29) is 16.8 Å². The molecule has 1 aliphatic heterocycles. The van der Waals surface area contributed by atoms with Crippen molar-refractivity contribution in [3.8, 4) is 17.2 Å². The van der Waals surface area contributed by atoms with Gasteiger partial charge in [0, 0.05) is 0 Å². The predicted molar refractivity (Wildman–Crippen MR) is 102 cm³/mol. The van der Waals surface area contributed by atoms with Crippen LogP contribution in [0.4, 0.5) is 0 Å². The lowest BCUT2D eigenvalue weighted by Gasteiger charge is -2.10. The predicted octanol–water partition coefficient (Wildman–Crippen LogP) is 3.06. The van der Waals surface area contributed by atoms with Crippen LogP contribution in [0.2, 0.25) is 0 Å². The van der Waals surface area contributed by atoms with Gasteiger partial charge in [0.15, 0.2) is 16.7 Å². The van der Waals surface area contributed by atoms with Crippen LogP contribution in [-0.2, 0) is 4.79 Å². The molecule has 1 fully saturated rings. The van der Waals surface area contributed by atoms with Crippen LogP contribution >= 0.6 is 11.8 Å². The van der Waals surface area contributed by atoms with E-state index in [0.717, 1.165) is 11.8 Å². The van der Waals surface area contributed by atoms with Crippen LogP contribution in [0.1, 0.15) is 15.9 Å². The summed E-state index contributed by atoms with van der Waals surface area (Å²) in [6.07, 6.45) is 1.62. The molecule has 1 heterocycles. The first-order valence-electron chi connectivity index (χ1n) is 7.84. The molecule has 0 atom stereocenters. The maximum atomic E-state index is 12.4. The summed E-state index contributed by atoms with van der Waals surface area (Å²) in [6.45, 7) is 0. The number of carbonyl (C=O) groups is 2. The van der Waals surface area contributed by atoms with Gasteiger partial charge in [-0.2, -0.15) is 0 Å². The molecule has 8 heteroatoms. The Bertz CT molecular complexity index is 938. The number of hydrogen-bond donors (Lipinski definition) is 2. The molecule has 1 amide bonds. The minimum absolute atomic E-state index is 0.0749. The molecule has 3 rings (SSSR count). The summed E-state index contributed by atoms with van der Waals surface area (Å²) < 4.78 is 15.8. The van der Waals surface area contributed by atoms with E-state index in [1.807, 2.05) is 0 Å². The van der Waals surface area contributed by atoms with Gasteiger partial charge in [0.05, 0.1) is 24.7 Å². The lowest BCUT2D eigenvalue weighted by atomic mass is 10.1. The topological polar surface area (TPSA) is 97.7 Å². The normalized spacial score (nSPS) is 14.8. The zero-order valence-electron chi connectivity index (χ0n) is 14.6. The molecule has 138 valence electrons. The molecule has 0 unspecified atom stereocenters. The van der Waals surface area contributed by atoms with E-state index in [0.29, 0.717) is 27.5 Å². The summed E-state index contributed by atoms with van der Waals surface area (Å²) in [6, 6.07) is 11.5. The Morgan fingerprint density at radius 3 is 2.41 bits per heavy atom. The third-order valence-electron chi connectivity index (χ3n) is 3.68. The van der Waals surface area contributed by atoms with Crippen molar-refractivity contribution in [3.05, 3.63) is 58.5 Å². The van der Waals surface area contributed by atoms with Crippen molar-refractivity contribution >= 4 is 34.9 Å². The van der Waals surface area contributed by atoms with E-state index >= 15 is 0 Å². The first-order chi connectivity index (χ1) is 13.0. The van der Waals surface area contributed by atoms with Gasteiger partial charge in [0.1, 0.15) is 5.75 Å². The summed E-state index contributed by atoms with van der Waals surface area (Å²) >= 11 is 1.03. The zero-order chi connectivity index (χ0) is 19.4. The first-order valence-corrected chi connectivity index (χ1v) is 8.65. The molecule has 27 heavy (non-hydrogen) atoms. The van der Waals surface area contributed by atoms with Gasteiger partial charge in [-0.15, -0.1) is 0 Å². The number of nitrogens with one attached hydrogen (secondary N) is 2. The number of rotatable bonds is 5. The summed E-state index contributed by atoms with van der Waals surface area (Å²) in [4.78, 5) is 24.5. The van der Waals surface area contributed by atoms with Crippen molar-refractivity contribution in [1.82, 2.24) is 5.32 Å². The minimum atomic E-state index is -0.546. The molecule has 0 saturated carbocycles. The van der Waals surface area contributed by atoms with E-state index in [4.69, 9.17) is 19.6 Å². The van der Waals surface area contributed by atoms with Crippen LogP contribution < -0.4 is 19.5 Å². The number of methoxy groups -OCH3 is 2. The van der Waals surface area contributed by atoms with E-state index in [2.05, 4.69) is 5.32 Å². The zero-order valence-corrected chi connectivity index (χ0v) is 15.4. The summed E-state index contributed by atoms with van der Waals surface area (Å²) in [5.41, 5.74) is 1.00. The van der Waals surface area contributed by atoms with Gasteiger partial charge in [-0.1, -0.05) is 6.07 Å². The Kier molecular flexibility index (Phi) is 5.46. The van der Waals surface area contributed by atoms with E-state index in [1.54, 1.807) is 55.7 Å². The molecule has 2 aromatic rings. The second-order valence-corrected chi connectivity index (χ2v) is 6.47. The van der Waals surface area contributed by atoms with Gasteiger partial charge >= 0.3 is 5.97 Å². The van der Waals surface area contributed by atoms with Crippen molar-refractivity contribution < 1.29 is 23.8 Å². The van der Waals surface area contributed by atoms with Crippen molar-refractivity contribution in [1.29, 1.82) is 5.41 Å². The molecular weight excluding hydrogens is 368 g/mol. The number of amides is 1. The third-order valence-corrected chi connectivity index (χ3v) is 4.51. The second-order valence-electron chi connectivity index (χ2n) is 5.42. The largest absolute Gasteiger partial charge is 0.497 e. The number of amidine groups is 1. The van der Waals surface area contributed by atoms with Gasteiger partial charge < -0.3 is 19.5 Å². The Labute approximate surface area is 159 Å². The van der Waals surface area contributed by atoms with Gasteiger partial charge in [-0.05, 0) is 59.8 Å². The monoisotopic (exact) mass is 384 g/mol. The molecule has 2 N–H and O–H groups in total. The van der Waals surface area contributed by atoms with E-state index in [9.17, 15) is 9.59 Å². The molecule has 0 spiro atoms. The number of benzene rings is 2. The van der Waals surface area contributed by atoms with Gasteiger partial charge in [-0.3, -0.25) is 10.2 Å². The van der Waals surface area contributed by atoms with Gasteiger partial charge in [0.25, 0.3) is 5.91 Å². The molecule has 7 nitrogen and oxygen atoms in total. The van der Waals surface area contributed by atoms with Crippen LogP contribution in [0.3, 0.4) is 0 Å². The summed E-state index contributed by atoms with van der Waals surface area (Å²) in [5, 5.41) is 9.97. The molecular formula is C19H16N2O5S. The van der Waals surface area contributed by atoms with Crippen LogP contribution in [0.25, 0.3) is 6.08 Å². The Morgan fingerprint density at radius 1 is 1.07 bits per heavy atom. The van der Waals surface area contributed by atoms with Gasteiger partial charge in [0.2, 0.25) is 0 Å². The third kappa shape index (κ3) is 4.29. The second kappa shape index (κ2) is 7.96. The molecule has 1 saturated heterocycles. The highest BCUT2D eigenvalue weighted by Gasteiger charge is 2.22. The average molecular weight is 384 g/mol. The fourth-order valence-corrected chi connectivity index (χ4v) is 3.04. The van der Waals surface area contributed by atoms with Crippen LogP contribution in [0.15, 0.2) is 47.4 Å². The van der Waals surface area contributed by atoms with Crippen molar-refractivity contribution in [2.75, 3.05) is 14.2 Å². The smallest absolute Gasteiger partial charge is 0.343 e. The fourth-order valence-electron chi connectivity index (χ4n) is 2.34. The number of hydrogen-bond acceptors (Lipinski definition) is 7. The molecule has 0 radical (unpaired) electrons. The lowest BCUT2D eigenvalue weighted by molar-refractivity contribution is -0.115. The van der Waals surface area contributed by atoms with Crippen LogP contribution in [0.5, 0.6) is 17.2 Å². The quantitative estimate of drug-likeness (QED) is 0.467. The number of ether oxygens (including phenoxy) is 3. The van der Waals surface area contributed by atoms with E-state index < -0.39 is 5.97 Å². The number of thioether (sulfide) groups is 1. The molecule has 0 aliphatic carbocycles. The Morgan fingerprint density at radius 2 is 1.81 bits per heavy atom. The van der Waals surface area contributed by atoms with Crippen LogP contribution in [-0.4, -0.2) is 31.3 Å². The average Bonchev–Trinajstić information content (AvgIpc) is 2.99. The standard InChI is InChI=1S/C19H16N2O5S/c1-24-13-6-4-12(5-7-13)18(23)26-15-9-11(3-8-14(15)25-2)10-16-17(22)21-19(20)27-16/h3-10H,1-2H3,(H2,20,21,22). The van der Waals surface area contributed by atoms with Crippen molar-refractivity contribution in [2.24, 2.45) is 0 Å². The highest BCUT2D eigenvalue weighted by molar-refractivity contribution is 8.18. The molecule has 1 aliphatic rings. The SMILES string of the molecule is COc1ccc(C(=O)Oc2cc(C=C3SC(=N)NC3=O)ccc2OC)cc1. The molecule has 0 aromatic heterocycles.